The van der Waals surface area contributed by atoms with E-state index in [1.54, 1.807) is 6.07 Å². The van der Waals surface area contributed by atoms with Crippen LogP contribution in [0.3, 0.4) is 0 Å². The van der Waals surface area contributed by atoms with Gasteiger partial charge in [0.05, 0.1) is 11.1 Å². The molecule has 0 aliphatic carbocycles. The largest absolute Gasteiger partial charge is 0.326 e. The van der Waals surface area contributed by atoms with E-state index in [0.29, 0.717) is 0 Å². The molecule has 0 radical (unpaired) electrons. The third kappa shape index (κ3) is 2.53. The molecule has 18 heavy (non-hydrogen) atoms. The van der Waals surface area contributed by atoms with Gasteiger partial charge in [-0.15, -0.1) is 0 Å². The molecule has 1 saturated heterocycles. The molecule has 1 aliphatic heterocycles. The van der Waals surface area contributed by atoms with Crippen LogP contribution in [-0.4, -0.2) is 23.0 Å². The highest BCUT2D eigenvalue weighted by Gasteiger charge is 2.38. The fourth-order valence-electron chi connectivity index (χ4n) is 2.69. The maximum atomic E-state index is 13.6. The van der Waals surface area contributed by atoms with Crippen LogP contribution < -0.4 is 5.73 Å². The monoisotopic (exact) mass is 270 g/mol. The van der Waals surface area contributed by atoms with Crippen molar-refractivity contribution in [3.05, 3.63) is 34.6 Å². The molecule has 0 saturated carbocycles. The Morgan fingerprint density at radius 3 is 2.61 bits per heavy atom. The zero-order valence-corrected chi connectivity index (χ0v) is 11.8. The predicted octanol–water partition coefficient (Wildman–Crippen LogP) is 3.35. The van der Waals surface area contributed by atoms with Gasteiger partial charge < -0.3 is 5.73 Å². The zero-order chi connectivity index (χ0) is 13.5. The van der Waals surface area contributed by atoms with Crippen molar-refractivity contribution in [2.45, 2.75) is 44.8 Å². The standard InChI is InChI=1S/C14H20ClFN2/c1-14(2,3)18-7-6-12(17)13(18)9-4-5-10(15)11(16)8-9/h4-5,8,12-13H,6-7,17H2,1-3H3. The van der Waals surface area contributed by atoms with Gasteiger partial charge in [-0.2, -0.15) is 0 Å². The molecule has 2 unspecified atom stereocenters. The second-order valence-corrected chi connectivity index (χ2v) is 6.34. The van der Waals surface area contributed by atoms with E-state index in [9.17, 15) is 4.39 Å². The molecule has 1 aromatic carbocycles. The summed E-state index contributed by atoms with van der Waals surface area (Å²) in [5.41, 5.74) is 7.13. The number of halogens is 2. The Labute approximate surface area is 113 Å². The van der Waals surface area contributed by atoms with E-state index in [0.717, 1.165) is 18.5 Å². The van der Waals surface area contributed by atoms with Gasteiger partial charge in [0.25, 0.3) is 0 Å². The first-order valence-corrected chi connectivity index (χ1v) is 6.66. The molecule has 0 aromatic heterocycles. The van der Waals surface area contributed by atoms with Gasteiger partial charge in [0.2, 0.25) is 0 Å². The molecule has 1 aliphatic rings. The van der Waals surface area contributed by atoms with Gasteiger partial charge in [-0.1, -0.05) is 17.7 Å². The Bertz CT molecular complexity index is 442. The fraction of sp³-hybridized carbons (Fsp3) is 0.571. The normalized spacial score (nSPS) is 25.7. The number of likely N-dealkylation sites (tertiary alicyclic amines) is 1. The van der Waals surface area contributed by atoms with Crippen LogP contribution in [-0.2, 0) is 0 Å². The van der Waals surface area contributed by atoms with Crippen molar-refractivity contribution in [2.75, 3.05) is 6.54 Å². The van der Waals surface area contributed by atoms with Crippen molar-refractivity contribution in [1.82, 2.24) is 4.90 Å². The molecule has 2 N–H and O–H groups in total. The smallest absolute Gasteiger partial charge is 0.142 e. The van der Waals surface area contributed by atoms with Crippen LogP contribution in [0.15, 0.2) is 18.2 Å². The third-order valence-electron chi connectivity index (χ3n) is 3.59. The molecule has 2 atom stereocenters. The van der Waals surface area contributed by atoms with Crippen molar-refractivity contribution in [3.63, 3.8) is 0 Å². The molecule has 1 aromatic rings. The molecule has 1 heterocycles. The predicted molar refractivity (Wildman–Crippen MR) is 73.2 cm³/mol. The molecular weight excluding hydrogens is 251 g/mol. The van der Waals surface area contributed by atoms with E-state index in [-0.39, 0.29) is 28.5 Å². The lowest BCUT2D eigenvalue weighted by Gasteiger charge is -2.38. The summed E-state index contributed by atoms with van der Waals surface area (Å²) in [6.45, 7) is 7.42. The van der Waals surface area contributed by atoms with Crippen LogP contribution >= 0.6 is 11.6 Å². The van der Waals surface area contributed by atoms with Gasteiger partial charge in [-0.05, 0) is 44.9 Å². The number of hydrogen-bond donors (Lipinski definition) is 1. The Morgan fingerprint density at radius 1 is 1.39 bits per heavy atom. The summed E-state index contributed by atoms with van der Waals surface area (Å²) >= 11 is 5.73. The summed E-state index contributed by atoms with van der Waals surface area (Å²) in [4.78, 5) is 2.33. The van der Waals surface area contributed by atoms with Crippen molar-refractivity contribution in [3.8, 4) is 0 Å². The first-order valence-electron chi connectivity index (χ1n) is 6.28. The van der Waals surface area contributed by atoms with Crippen LogP contribution in [0.4, 0.5) is 4.39 Å². The minimum absolute atomic E-state index is 0.0227. The molecule has 0 bridgehead atoms. The molecule has 1 fully saturated rings. The molecule has 0 amide bonds. The van der Waals surface area contributed by atoms with Crippen LogP contribution in [0.1, 0.15) is 38.8 Å². The summed E-state index contributed by atoms with van der Waals surface area (Å²) < 4.78 is 13.6. The topological polar surface area (TPSA) is 29.3 Å². The third-order valence-corrected chi connectivity index (χ3v) is 3.90. The molecule has 2 rings (SSSR count). The van der Waals surface area contributed by atoms with Crippen molar-refractivity contribution in [1.29, 1.82) is 0 Å². The summed E-state index contributed by atoms with van der Waals surface area (Å²) in [5.74, 6) is -0.373. The van der Waals surface area contributed by atoms with E-state index >= 15 is 0 Å². The van der Waals surface area contributed by atoms with Crippen LogP contribution in [0.5, 0.6) is 0 Å². The van der Waals surface area contributed by atoms with Gasteiger partial charge >= 0.3 is 0 Å². The number of nitrogens with zero attached hydrogens (tertiary/aromatic N) is 1. The quantitative estimate of drug-likeness (QED) is 0.848. The van der Waals surface area contributed by atoms with Gasteiger partial charge in [0, 0.05) is 18.1 Å². The van der Waals surface area contributed by atoms with Gasteiger partial charge in [0.15, 0.2) is 0 Å². The second kappa shape index (κ2) is 4.80. The fourth-order valence-corrected chi connectivity index (χ4v) is 2.81. The van der Waals surface area contributed by atoms with Crippen LogP contribution in [0.2, 0.25) is 5.02 Å². The Kier molecular flexibility index (Phi) is 3.67. The lowest BCUT2D eigenvalue weighted by Crippen LogP contribution is -2.43. The van der Waals surface area contributed by atoms with E-state index in [4.69, 9.17) is 17.3 Å². The number of rotatable bonds is 1. The summed E-state index contributed by atoms with van der Waals surface area (Å²) in [6, 6.07) is 5.11. The molecule has 100 valence electrons. The highest BCUT2D eigenvalue weighted by molar-refractivity contribution is 6.30. The zero-order valence-electron chi connectivity index (χ0n) is 11.1. The van der Waals surface area contributed by atoms with Gasteiger partial charge in [-0.25, -0.2) is 4.39 Å². The molecule has 0 spiro atoms. The number of nitrogens with two attached hydrogens (primary N) is 1. The molecule has 4 heteroatoms. The van der Waals surface area contributed by atoms with E-state index in [1.165, 1.54) is 6.07 Å². The highest BCUT2D eigenvalue weighted by atomic mass is 35.5. The average Bonchev–Trinajstić information content (AvgIpc) is 2.64. The lowest BCUT2D eigenvalue weighted by molar-refractivity contribution is 0.117. The SMILES string of the molecule is CC(C)(C)N1CCC(N)C1c1ccc(Cl)c(F)c1. The van der Waals surface area contributed by atoms with Crippen molar-refractivity contribution < 1.29 is 4.39 Å². The van der Waals surface area contributed by atoms with E-state index in [2.05, 4.69) is 25.7 Å². The highest BCUT2D eigenvalue weighted by Crippen LogP contribution is 2.37. The lowest BCUT2D eigenvalue weighted by atomic mass is 9.97. The number of benzene rings is 1. The average molecular weight is 271 g/mol. The second-order valence-electron chi connectivity index (χ2n) is 5.94. The minimum Gasteiger partial charge on any atom is -0.326 e. The maximum Gasteiger partial charge on any atom is 0.142 e. The number of hydrogen-bond acceptors (Lipinski definition) is 2. The Morgan fingerprint density at radius 2 is 2.06 bits per heavy atom. The van der Waals surface area contributed by atoms with E-state index in [1.807, 2.05) is 6.07 Å². The van der Waals surface area contributed by atoms with Crippen LogP contribution in [0.25, 0.3) is 0 Å². The van der Waals surface area contributed by atoms with E-state index < -0.39 is 0 Å². The van der Waals surface area contributed by atoms with Crippen molar-refractivity contribution in [2.24, 2.45) is 5.73 Å². The molecular formula is C14H20ClFN2. The summed E-state index contributed by atoms with van der Waals surface area (Å²) in [6.07, 6.45) is 0.937. The maximum absolute atomic E-state index is 13.6. The minimum atomic E-state index is -0.373. The first-order chi connectivity index (χ1) is 8.30. The van der Waals surface area contributed by atoms with Gasteiger partial charge in [-0.3, -0.25) is 4.90 Å². The van der Waals surface area contributed by atoms with Crippen molar-refractivity contribution >= 4 is 11.6 Å². The first kappa shape index (κ1) is 13.8. The molecule has 2 nitrogen and oxygen atoms in total. The Balaban J connectivity index is 2.37. The van der Waals surface area contributed by atoms with Gasteiger partial charge in [0.1, 0.15) is 5.82 Å². The summed E-state index contributed by atoms with van der Waals surface area (Å²) in [5, 5.41) is 0.160. The summed E-state index contributed by atoms with van der Waals surface area (Å²) in [7, 11) is 0. The Hall–Kier alpha value is -0.640. The van der Waals surface area contributed by atoms with Crippen LogP contribution in [0, 0.1) is 5.82 Å².